The SMILES string of the molecule is CCC1CCC(NC(=O)C(C)CNC)C1C. The van der Waals surface area contributed by atoms with Crippen LogP contribution in [-0.4, -0.2) is 25.5 Å². The zero-order chi connectivity index (χ0) is 12.1. The first kappa shape index (κ1) is 13.5. The van der Waals surface area contributed by atoms with Crippen molar-refractivity contribution in [2.75, 3.05) is 13.6 Å². The van der Waals surface area contributed by atoms with Gasteiger partial charge in [0.05, 0.1) is 0 Å². The Labute approximate surface area is 99.4 Å². The van der Waals surface area contributed by atoms with Crippen LogP contribution in [0.4, 0.5) is 0 Å². The summed E-state index contributed by atoms with van der Waals surface area (Å²) in [4.78, 5) is 11.9. The van der Waals surface area contributed by atoms with Gasteiger partial charge in [0.25, 0.3) is 0 Å². The Morgan fingerprint density at radius 1 is 1.44 bits per heavy atom. The fraction of sp³-hybridized carbons (Fsp3) is 0.923. The molecule has 4 atom stereocenters. The van der Waals surface area contributed by atoms with Gasteiger partial charge in [-0.3, -0.25) is 4.79 Å². The molecule has 16 heavy (non-hydrogen) atoms. The van der Waals surface area contributed by atoms with Gasteiger partial charge in [-0.05, 0) is 31.7 Å². The van der Waals surface area contributed by atoms with Crippen LogP contribution >= 0.6 is 0 Å². The molecule has 1 amide bonds. The van der Waals surface area contributed by atoms with Crippen molar-refractivity contribution >= 4 is 5.91 Å². The molecule has 1 aliphatic rings. The van der Waals surface area contributed by atoms with E-state index in [1.54, 1.807) is 0 Å². The summed E-state index contributed by atoms with van der Waals surface area (Å²) in [6.07, 6.45) is 3.65. The molecular weight excluding hydrogens is 200 g/mol. The molecule has 0 aliphatic heterocycles. The van der Waals surface area contributed by atoms with E-state index < -0.39 is 0 Å². The second-order valence-corrected chi connectivity index (χ2v) is 5.18. The zero-order valence-corrected chi connectivity index (χ0v) is 11.0. The molecule has 1 saturated carbocycles. The van der Waals surface area contributed by atoms with Gasteiger partial charge in [-0.1, -0.05) is 27.2 Å². The van der Waals surface area contributed by atoms with Crippen molar-refractivity contribution in [2.24, 2.45) is 17.8 Å². The smallest absolute Gasteiger partial charge is 0.224 e. The molecule has 0 spiro atoms. The monoisotopic (exact) mass is 226 g/mol. The minimum atomic E-state index is 0.0675. The molecule has 3 nitrogen and oxygen atoms in total. The number of amides is 1. The summed E-state index contributed by atoms with van der Waals surface area (Å²) in [5.74, 6) is 1.70. The van der Waals surface area contributed by atoms with Crippen molar-refractivity contribution in [1.82, 2.24) is 10.6 Å². The van der Waals surface area contributed by atoms with Crippen LogP contribution in [0.1, 0.15) is 40.0 Å². The topological polar surface area (TPSA) is 41.1 Å². The molecule has 1 fully saturated rings. The van der Waals surface area contributed by atoms with Crippen LogP contribution < -0.4 is 10.6 Å². The van der Waals surface area contributed by atoms with Crippen molar-refractivity contribution < 1.29 is 4.79 Å². The van der Waals surface area contributed by atoms with Gasteiger partial charge in [0.1, 0.15) is 0 Å². The lowest BCUT2D eigenvalue weighted by Crippen LogP contribution is -2.42. The first-order valence-corrected chi connectivity index (χ1v) is 6.55. The predicted octanol–water partition coefficient (Wildman–Crippen LogP) is 1.78. The van der Waals surface area contributed by atoms with Crippen molar-refractivity contribution in [3.63, 3.8) is 0 Å². The normalized spacial score (nSPS) is 31.4. The average Bonchev–Trinajstić information content (AvgIpc) is 2.60. The predicted molar refractivity (Wildman–Crippen MR) is 67.2 cm³/mol. The van der Waals surface area contributed by atoms with Gasteiger partial charge in [-0.2, -0.15) is 0 Å². The van der Waals surface area contributed by atoms with E-state index in [2.05, 4.69) is 24.5 Å². The number of carbonyl (C=O) groups is 1. The summed E-state index contributed by atoms with van der Waals surface area (Å²) < 4.78 is 0. The van der Waals surface area contributed by atoms with Crippen molar-refractivity contribution in [2.45, 2.75) is 46.1 Å². The molecule has 1 aliphatic carbocycles. The van der Waals surface area contributed by atoms with E-state index in [0.717, 1.165) is 18.9 Å². The second kappa shape index (κ2) is 6.24. The molecule has 4 unspecified atom stereocenters. The first-order chi connectivity index (χ1) is 7.60. The van der Waals surface area contributed by atoms with Gasteiger partial charge < -0.3 is 10.6 Å². The average molecular weight is 226 g/mol. The van der Waals surface area contributed by atoms with Gasteiger partial charge >= 0.3 is 0 Å². The van der Waals surface area contributed by atoms with Crippen LogP contribution in [0.2, 0.25) is 0 Å². The summed E-state index contributed by atoms with van der Waals surface area (Å²) in [6, 6.07) is 0.400. The maximum absolute atomic E-state index is 11.9. The molecule has 0 aromatic carbocycles. The fourth-order valence-electron chi connectivity index (χ4n) is 2.75. The lowest BCUT2D eigenvalue weighted by Gasteiger charge is -2.22. The van der Waals surface area contributed by atoms with E-state index in [4.69, 9.17) is 0 Å². The van der Waals surface area contributed by atoms with Crippen molar-refractivity contribution in [3.05, 3.63) is 0 Å². The Balaban J connectivity index is 2.40. The standard InChI is InChI=1S/C13H26N2O/c1-5-11-6-7-12(10(11)3)15-13(16)9(2)8-14-4/h9-12,14H,5-8H2,1-4H3,(H,15,16). The number of nitrogens with one attached hydrogen (secondary N) is 2. The van der Waals surface area contributed by atoms with Gasteiger partial charge in [-0.15, -0.1) is 0 Å². The highest BCUT2D eigenvalue weighted by atomic mass is 16.1. The largest absolute Gasteiger partial charge is 0.353 e. The van der Waals surface area contributed by atoms with E-state index in [1.165, 1.54) is 12.8 Å². The molecule has 0 heterocycles. The number of rotatable bonds is 5. The van der Waals surface area contributed by atoms with Crippen LogP contribution in [0.3, 0.4) is 0 Å². The van der Waals surface area contributed by atoms with Crippen LogP contribution in [0.5, 0.6) is 0 Å². The number of hydrogen-bond acceptors (Lipinski definition) is 2. The molecular formula is C13H26N2O. The molecule has 0 aromatic rings. The molecule has 1 rings (SSSR count). The summed E-state index contributed by atoms with van der Waals surface area (Å²) >= 11 is 0. The maximum atomic E-state index is 11.9. The third-order valence-corrected chi connectivity index (χ3v) is 4.04. The van der Waals surface area contributed by atoms with Crippen LogP contribution in [0, 0.1) is 17.8 Å². The highest BCUT2D eigenvalue weighted by molar-refractivity contribution is 5.78. The van der Waals surface area contributed by atoms with Gasteiger partial charge in [0.2, 0.25) is 5.91 Å². The summed E-state index contributed by atoms with van der Waals surface area (Å²) in [6.45, 7) is 7.25. The molecule has 3 heteroatoms. The minimum absolute atomic E-state index is 0.0675. The molecule has 0 saturated heterocycles. The third kappa shape index (κ3) is 3.21. The Morgan fingerprint density at radius 2 is 2.12 bits per heavy atom. The van der Waals surface area contributed by atoms with E-state index in [9.17, 15) is 4.79 Å². The summed E-state index contributed by atoms with van der Waals surface area (Å²) in [5.41, 5.74) is 0. The van der Waals surface area contributed by atoms with Crippen LogP contribution in [-0.2, 0) is 4.79 Å². The minimum Gasteiger partial charge on any atom is -0.353 e. The molecule has 94 valence electrons. The Morgan fingerprint density at radius 3 is 2.62 bits per heavy atom. The molecule has 2 N–H and O–H groups in total. The molecule has 0 bridgehead atoms. The lowest BCUT2D eigenvalue weighted by molar-refractivity contribution is -0.125. The first-order valence-electron chi connectivity index (χ1n) is 6.55. The molecule has 0 radical (unpaired) electrons. The summed E-state index contributed by atoms with van der Waals surface area (Å²) in [7, 11) is 1.88. The van der Waals surface area contributed by atoms with Gasteiger partial charge in [-0.25, -0.2) is 0 Å². The van der Waals surface area contributed by atoms with Crippen LogP contribution in [0.25, 0.3) is 0 Å². The Hall–Kier alpha value is -0.570. The van der Waals surface area contributed by atoms with Gasteiger partial charge in [0.15, 0.2) is 0 Å². The Bertz CT molecular complexity index is 230. The fourth-order valence-corrected chi connectivity index (χ4v) is 2.75. The maximum Gasteiger partial charge on any atom is 0.224 e. The molecule has 0 aromatic heterocycles. The van der Waals surface area contributed by atoms with Crippen molar-refractivity contribution in [1.29, 1.82) is 0 Å². The summed E-state index contributed by atoms with van der Waals surface area (Å²) in [5, 5.41) is 6.24. The third-order valence-electron chi connectivity index (χ3n) is 4.04. The van der Waals surface area contributed by atoms with Crippen LogP contribution in [0.15, 0.2) is 0 Å². The highest BCUT2D eigenvalue weighted by Gasteiger charge is 2.32. The van der Waals surface area contributed by atoms with E-state index in [-0.39, 0.29) is 11.8 Å². The second-order valence-electron chi connectivity index (χ2n) is 5.18. The van der Waals surface area contributed by atoms with E-state index >= 15 is 0 Å². The van der Waals surface area contributed by atoms with Gasteiger partial charge in [0, 0.05) is 18.5 Å². The lowest BCUT2D eigenvalue weighted by atomic mass is 9.93. The van der Waals surface area contributed by atoms with E-state index in [0.29, 0.717) is 12.0 Å². The highest BCUT2D eigenvalue weighted by Crippen LogP contribution is 2.33. The van der Waals surface area contributed by atoms with Crippen molar-refractivity contribution in [3.8, 4) is 0 Å². The quantitative estimate of drug-likeness (QED) is 0.750. The Kier molecular flexibility index (Phi) is 5.26. The number of hydrogen-bond donors (Lipinski definition) is 2. The zero-order valence-electron chi connectivity index (χ0n) is 11.0. The van der Waals surface area contributed by atoms with E-state index in [1.807, 2.05) is 14.0 Å². The number of carbonyl (C=O) groups excluding carboxylic acids is 1.